The van der Waals surface area contributed by atoms with Crippen LogP contribution in [0, 0.1) is 0 Å². The van der Waals surface area contributed by atoms with E-state index >= 15 is 0 Å². The van der Waals surface area contributed by atoms with Gasteiger partial charge in [-0.25, -0.2) is 0 Å². The fourth-order valence-electron chi connectivity index (χ4n) is 2.81. The molecule has 1 heterocycles. The molecule has 1 aliphatic rings. The molecule has 1 saturated heterocycles. The van der Waals surface area contributed by atoms with Crippen LogP contribution in [0.3, 0.4) is 0 Å². The summed E-state index contributed by atoms with van der Waals surface area (Å²) in [6, 6.07) is 17.3. The average molecular weight is 307 g/mol. The topological polar surface area (TPSA) is 67.2 Å². The summed E-state index contributed by atoms with van der Waals surface area (Å²) >= 11 is 0. The van der Waals surface area contributed by atoms with Crippen LogP contribution in [0.2, 0.25) is 0 Å². The van der Waals surface area contributed by atoms with Crippen molar-refractivity contribution in [3.8, 4) is 0 Å². The lowest BCUT2D eigenvalue weighted by Gasteiger charge is -2.33. The quantitative estimate of drug-likeness (QED) is 0.757. The van der Waals surface area contributed by atoms with E-state index in [0.717, 1.165) is 22.5 Å². The average Bonchev–Trinajstić information content (AvgIpc) is 2.55. The van der Waals surface area contributed by atoms with Gasteiger partial charge in [-0.05, 0) is 29.7 Å². The molecule has 0 radical (unpaired) electrons. The Balaban J connectivity index is 1.64. The number of piperazine rings is 1. The Bertz CT molecular complexity index is 694. The number of hydrogen-bond acceptors (Lipinski definition) is 3. The van der Waals surface area contributed by atoms with Gasteiger partial charge >= 0.3 is 0 Å². The second-order valence-electron chi connectivity index (χ2n) is 5.92. The van der Waals surface area contributed by atoms with Gasteiger partial charge in [-0.15, -0.1) is 0 Å². The Morgan fingerprint density at radius 3 is 2.17 bits per heavy atom. The molecule has 0 spiro atoms. The minimum absolute atomic E-state index is 0.0155. The highest BCUT2D eigenvalue weighted by Crippen LogP contribution is 2.15. The van der Waals surface area contributed by atoms with Crippen LogP contribution >= 0.6 is 0 Å². The van der Waals surface area contributed by atoms with Gasteiger partial charge in [0.15, 0.2) is 0 Å². The predicted molar refractivity (Wildman–Crippen MR) is 92.7 cm³/mol. The zero-order valence-corrected chi connectivity index (χ0v) is 13.0. The van der Waals surface area contributed by atoms with Crippen molar-refractivity contribution in [1.29, 1.82) is 0 Å². The van der Waals surface area contributed by atoms with Crippen molar-refractivity contribution in [2.45, 2.75) is 24.9 Å². The molecular weight excluding hydrogens is 286 g/mol. The Morgan fingerprint density at radius 2 is 1.48 bits per heavy atom. The number of nitrogen functional groups attached to an aromatic ring is 1. The lowest BCUT2D eigenvalue weighted by molar-refractivity contribution is -0.124. The smallest absolute Gasteiger partial charge is 0.243 e. The maximum Gasteiger partial charge on any atom is 0.243 e. The lowest BCUT2D eigenvalue weighted by Crippen LogP contribution is -2.57. The van der Waals surface area contributed by atoms with E-state index in [-0.39, 0.29) is 18.0 Å². The third kappa shape index (κ3) is 3.72. The first-order valence-electron chi connectivity index (χ1n) is 7.76. The number of anilines is 1. The van der Waals surface area contributed by atoms with Crippen LogP contribution < -0.4 is 16.4 Å². The summed E-state index contributed by atoms with van der Waals surface area (Å²) < 4.78 is 0. The van der Waals surface area contributed by atoms with Gasteiger partial charge in [0.25, 0.3) is 0 Å². The number of nitrogens with two attached hydrogens (primary N) is 1. The molecule has 2 atom stereocenters. The van der Waals surface area contributed by atoms with Crippen molar-refractivity contribution in [1.82, 2.24) is 10.6 Å². The lowest BCUT2D eigenvalue weighted by atomic mass is 9.97. The van der Waals surface area contributed by atoms with Gasteiger partial charge in [0, 0.05) is 17.8 Å². The summed E-state index contributed by atoms with van der Waals surface area (Å²) in [5, 5.41) is 6.33. The highest BCUT2D eigenvalue weighted by atomic mass is 16.2. The highest BCUT2D eigenvalue weighted by Gasteiger charge is 2.29. The van der Waals surface area contributed by atoms with Crippen molar-refractivity contribution in [3.63, 3.8) is 0 Å². The summed E-state index contributed by atoms with van der Waals surface area (Å²) in [7, 11) is 0. The molecule has 1 amide bonds. The Morgan fingerprint density at radius 1 is 0.870 bits per heavy atom. The highest BCUT2D eigenvalue weighted by molar-refractivity contribution is 5.84. The fraction of sp³-hybridized carbons (Fsp3) is 0.211. The first-order chi connectivity index (χ1) is 11.1. The molecule has 0 unspecified atom stereocenters. The number of carbonyl (C=O) groups is 1. The first kappa shape index (κ1) is 15.2. The largest absolute Gasteiger partial charge is 0.399 e. The van der Waals surface area contributed by atoms with E-state index in [1.54, 1.807) is 0 Å². The molecule has 118 valence electrons. The maximum absolute atomic E-state index is 12.4. The van der Waals surface area contributed by atoms with Crippen molar-refractivity contribution in [2.75, 3.05) is 5.73 Å². The molecule has 1 fully saturated rings. The molecule has 0 aromatic heterocycles. The van der Waals surface area contributed by atoms with E-state index in [9.17, 15) is 4.79 Å². The number of amides is 1. The van der Waals surface area contributed by atoms with Crippen LogP contribution in [-0.2, 0) is 17.6 Å². The van der Waals surface area contributed by atoms with Crippen LogP contribution in [0.4, 0.5) is 5.69 Å². The second-order valence-corrected chi connectivity index (χ2v) is 5.92. The second kappa shape index (κ2) is 6.57. The number of benzene rings is 2. The SMILES string of the molecule is C=C1N[C@@H](Cc2ccccc2)C(=O)N[C@H]1Cc1ccc(N)cc1. The molecule has 0 aliphatic carbocycles. The monoisotopic (exact) mass is 307 g/mol. The third-order valence-electron chi connectivity index (χ3n) is 4.12. The normalized spacial score (nSPS) is 20.7. The van der Waals surface area contributed by atoms with Crippen LogP contribution in [0.1, 0.15) is 11.1 Å². The Kier molecular flexibility index (Phi) is 4.33. The molecule has 23 heavy (non-hydrogen) atoms. The molecule has 3 rings (SSSR count). The summed E-state index contributed by atoms with van der Waals surface area (Å²) in [5.74, 6) is 0.0155. The Labute approximate surface area is 136 Å². The fourth-order valence-corrected chi connectivity index (χ4v) is 2.81. The van der Waals surface area contributed by atoms with E-state index < -0.39 is 0 Å². The van der Waals surface area contributed by atoms with E-state index in [4.69, 9.17) is 5.73 Å². The standard InChI is InChI=1S/C19H21N3O/c1-13-17(11-15-7-9-16(20)10-8-15)22-19(23)18(21-13)12-14-5-3-2-4-6-14/h2-10,17-18,21H,1,11-12,20H2,(H,22,23)/t17-,18-/m0/s1. The molecule has 2 aromatic rings. The molecule has 0 saturated carbocycles. The van der Waals surface area contributed by atoms with Crippen molar-refractivity contribution < 1.29 is 4.79 Å². The van der Waals surface area contributed by atoms with Crippen molar-refractivity contribution in [2.24, 2.45) is 0 Å². The molecule has 0 bridgehead atoms. The molecule has 1 aliphatic heterocycles. The van der Waals surface area contributed by atoms with Gasteiger partial charge in [0.2, 0.25) is 5.91 Å². The first-order valence-corrected chi connectivity index (χ1v) is 7.76. The van der Waals surface area contributed by atoms with Crippen LogP contribution in [0.15, 0.2) is 66.9 Å². The predicted octanol–water partition coefficient (Wildman–Crippen LogP) is 2.02. The van der Waals surface area contributed by atoms with E-state index in [0.29, 0.717) is 12.8 Å². The summed E-state index contributed by atoms with van der Waals surface area (Å²) in [5.41, 5.74) is 9.54. The minimum atomic E-state index is -0.271. The van der Waals surface area contributed by atoms with Gasteiger partial charge < -0.3 is 16.4 Å². The molecule has 4 N–H and O–H groups in total. The number of rotatable bonds is 4. The van der Waals surface area contributed by atoms with Crippen LogP contribution in [0.25, 0.3) is 0 Å². The van der Waals surface area contributed by atoms with Crippen molar-refractivity contribution in [3.05, 3.63) is 78.0 Å². The van der Waals surface area contributed by atoms with Crippen LogP contribution in [0.5, 0.6) is 0 Å². The summed E-state index contributed by atoms with van der Waals surface area (Å²) in [4.78, 5) is 12.4. The zero-order chi connectivity index (χ0) is 16.2. The molecule has 4 heteroatoms. The number of carbonyl (C=O) groups excluding carboxylic acids is 1. The van der Waals surface area contributed by atoms with Gasteiger partial charge in [-0.3, -0.25) is 4.79 Å². The van der Waals surface area contributed by atoms with Gasteiger partial charge in [0.05, 0.1) is 6.04 Å². The van der Waals surface area contributed by atoms with Crippen molar-refractivity contribution >= 4 is 11.6 Å². The van der Waals surface area contributed by atoms with Gasteiger partial charge in [0.1, 0.15) is 6.04 Å². The third-order valence-corrected chi connectivity index (χ3v) is 4.12. The van der Waals surface area contributed by atoms with E-state index in [1.165, 1.54) is 0 Å². The van der Waals surface area contributed by atoms with Gasteiger partial charge in [-0.1, -0.05) is 49.0 Å². The van der Waals surface area contributed by atoms with Crippen LogP contribution in [-0.4, -0.2) is 18.0 Å². The number of hydrogen-bond donors (Lipinski definition) is 3. The molecule has 4 nitrogen and oxygen atoms in total. The zero-order valence-electron chi connectivity index (χ0n) is 13.0. The number of nitrogens with one attached hydrogen (secondary N) is 2. The molecular formula is C19H21N3O. The minimum Gasteiger partial charge on any atom is -0.399 e. The van der Waals surface area contributed by atoms with E-state index in [1.807, 2.05) is 54.6 Å². The van der Waals surface area contributed by atoms with E-state index in [2.05, 4.69) is 17.2 Å². The maximum atomic E-state index is 12.4. The van der Waals surface area contributed by atoms with Gasteiger partial charge in [-0.2, -0.15) is 0 Å². The summed E-state index contributed by atoms with van der Waals surface area (Å²) in [6.07, 6.45) is 1.36. The Hall–Kier alpha value is -2.75. The molecule has 2 aromatic carbocycles. The summed E-state index contributed by atoms with van der Waals surface area (Å²) in [6.45, 7) is 4.09.